The van der Waals surface area contributed by atoms with E-state index in [0.717, 1.165) is 15.8 Å². The van der Waals surface area contributed by atoms with Crippen LogP contribution in [0.3, 0.4) is 0 Å². The number of carbonyl (C=O) groups excluding carboxylic acids is 1. The van der Waals surface area contributed by atoms with Gasteiger partial charge in [-0.25, -0.2) is 0 Å². The quantitative estimate of drug-likeness (QED) is 0.944. The highest BCUT2D eigenvalue weighted by Gasteiger charge is 2.08. The molecule has 0 radical (unpaired) electrons. The lowest BCUT2D eigenvalue weighted by Gasteiger charge is -2.03. The van der Waals surface area contributed by atoms with Gasteiger partial charge in [0.2, 0.25) is 0 Å². The zero-order chi connectivity index (χ0) is 12.3. The number of rotatable bonds is 3. The molecule has 2 aromatic rings. The fraction of sp³-hybridized carbons (Fsp3) is 0.154. The van der Waals surface area contributed by atoms with Gasteiger partial charge in [0.15, 0.2) is 5.76 Å². The maximum Gasteiger partial charge on any atom is 0.287 e. The summed E-state index contributed by atoms with van der Waals surface area (Å²) in [5.41, 5.74) is 1.05. The van der Waals surface area contributed by atoms with Crippen molar-refractivity contribution in [2.45, 2.75) is 13.5 Å². The minimum absolute atomic E-state index is 0.194. The van der Waals surface area contributed by atoms with Crippen molar-refractivity contribution in [2.24, 2.45) is 0 Å². The molecule has 3 nitrogen and oxygen atoms in total. The number of halogens is 1. The third kappa shape index (κ3) is 3.20. The van der Waals surface area contributed by atoms with Crippen molar-refractivity contribution >= 4 is 21.8 Å². The Morgan fingerprint density at radius 3 is 2.53 bits per heavy atom. The van der Waals surface area contributed by atoms with Crippen LogP contribution in [0.25, 0.3) is 0 Å². The lowest BCUT2D eigenvalue weighted by Crippen LogP contribution is -2.22. The second kappa shape index (κ2) is 5.19. The summed E-state index contributed by atoms with van der Waals surface area (Å²) in [7, 11) is 0. The lowest BCUT2D eigenvalue weighted by atomic mass is 10.2. The summed E-state index contributed by atoms with van der Waals surface area (Å²) in [5, 5.41) is 2.80. The lowest BCUT2D eigenvalue weighted by molar-refractivity contribution is 0.0922. The largest absolute Gasteiger partial charge is 0.456 e. The van der Waals surface area contributed by atoms with Gasteiger partial charge >= 0.3 is 0 Å². The smallest absolute Gasteiger partial charge is 0.287 e. The summed E-state index contributed by atoms with van der Waals surface area (Å²) in [6.45, 7) is 2.30. The van der Waals surface area contributed by atoms with Gasteiger partial charge in [0, 0.05) is 11.0 Å². The molecule has 0 bridgehead atoms. The van der Waals surface area contributed by atoms with Gasteiger partial charge in [-0.2, -0.15) is 0 Å². The molecule has 1 N–H and O–H groups in total. The molecule has 4 heteroatoms. The molecule has 0 aliphatic heterocycles. The van der Waals surface area contributed by atoms with E-state index in [1.807, 2.05) is 31.2 Å². The standard InChI is InChI=1S/C13H12BrNO2/c1-9-2-7-12(17-9)13(16)15-8-10-3-5-11(14)6-4-10/h2-7H,8H2,1H3,(H,15,16). The molecule has 1 aromatic heterocycles. The number of amides is 1. The van der Waals surface area contributed by atoms with Crippen molar-refractivity contribution in [1.29, 1.82) is 0 Å². The minimum Gasteiger partial charge on any atom is -0.456 e. The maximum atomic E-state index is 11.7. The number of aryl methyl sites for hydroxylation is 1. The Balaban J connectivity index is 1.94. The highest BCUT2D eigenvalue weighted by Crippen LogP contribution is 2.11. The Morgan fingerprint density at radius 1 is 1.24 bits per heavy atom. The van der Waals surface area contributed by atoms with Crippen molar-refractivity contribution < 1.29 is 9.21 Å². The van der Waals surface area contributed by atoms with Gasteiger partial charge in [-0.1, -0.05) is 28.1 Å². The molecule has 1 amide bonds. The SMILES string of the molecule is Cc1ccc(C(=O)NCc2ccc(Br)cc2)o1. The number of carbonyl (C=O) groups is 1. The Hall–Kier alpha value is -1.55. The Morgan fingerprint density at radius 2 is 1.94 bits per heavy atom. The van der Waals surface area contributed by atoms with E-state index in [0.29, 0.717) is 12.3 Å². The zero-order valence-corrected chi connectivity index (χ0v) is 11.0. The first-order valence-electron chi connectivity index (χ1n) is 5.24. The Labute approximate surface area is 108 Å². The van der Waals surface area contributed by atoms with Gasteiger partial charge in [-0.15, -0.1) is 0 Å². The second-order valence-electron chi connectivity index (χ2n) is 3.72. The number of nitrogens with one attached hydrogen (secondary N) is 1. The average Bonchev–Trinajstić information content (AvgIpc) is 2.75. The minimum atomic E-state index is -0.194. The molecule has 0 saturated carbocycles. The first-order chi connectivity index (χ1) is 8.15. The van der Waals surface area contributed by atoms with Crippen LogP contribution in [0, 0.1) is 6.92 Å². The van der Waals surface area contributed by atoms with Crippen LogP contribution in [0.4, 0.5) is 0 Å². The molecular weight excluding hydrogens is 282 g/mol. The average molecular weight is 294 g/mol. The normalized spacial score (nSPS) is 10.2. The zero-order valence-electron chi connectivity index (χ0n) is 9.37. The summed E-state index contributed by atoms with van der Waals surface area (Å²) in [6, 6.07) is 11.2. The highest BCUT2D eigenvalue weighted by molar-refractivity contribution is 9.10. The third-order valence-electron chi connectivity index (χ3n) is 2.33. The topological polar surface area (TPSA) is 42.2 Å². The van der Waals surface area contributed by atoms with Crippen LogP contribution in [0.1, 0.15) is 21.9 Å². The van der Waals surface area contributed by atoms with E-state index in [1.165, 1.54) is 0 Å². The van der Waals surface area contributed by atoms with Crippen LogP contribution >= 0.6 is 15.9 Å². The van der Waals surface area contributed by atoms with E-state index in [9.17, 15) is 4.79 Å². The number of hydrogen-bond donors (Lipinski definition) is 1. The van der Waals surface area contributed by atoms with Crippen LogP contribution in [0.5, 0.6) is 0 Å². The second-order valence-corrected chi connectivity index (χ2v) is 4.64. The molecule has 1 aromatic carbocycles. The van der Waals surface area contributed by atoms with Crippen LogP contribution in [0.15, 0.2) is 45.3 Å². The predicted octanol–water partition coefficient (Wildman–Crippen LogP) is 3.28. The molecule has 0 saturated heterocycles. The molecule has 0 aliphatic carbocycles. The van der Waals surface area contributed by atoms with Gasteiger partial charge in [0.25, 0.3) is 5.91 Å². The molecule has 0 unspecified atom stereocenters. The fourth-order valence-corrected chi connectivity index (χ4v) is 1.69. The molecule has 2 rings (SSSR count). The summed E-state index contributed by atoms with van der Waals surface area (Å²) >= 11 is 3.36. The number of hydrogen-bond acceptors (Lipinski definition) is 2. The van der Waals surface area contributed by atoms with Crippen LogP contribution in [-0.4, -0.2) is 5.91 Å². The van der Waals surface area contributed by atoms with E-state index in [4.69, 9.17) is 4.42 Å². The first kappa shape index (κ1) is 11.9. The summed E-state index contributed by atoms with van der Waals surface area (Å²) in [6.07, 6.45) is 0. The molecule has 17 heavy (non-hydrogen) atoms. The van der Waals surface area contributed by atoms with E-state index in [-0.39, 0.29) is 5.91 Å². The van der Waals surface area contributed by atoms with Crippen LogP contribution in [0.2, 0.25) is 0 Å². The highest BCUT2D eigenvalue weighted by atomic mass is 79.9. The van der Waals surface area contributed by atoms with Gasteiger partial charge in [-0.05, 0) is 36.8 Å². The van der Waals surface area contributed by atoms with Gasteiger partial charge < -0.3 is 9.73 Å². The Bertz CT molecular complexity index is 516. The van der Waals surface area contributed by atoms with Crippen LogP contribution < -0.4 is 5.32 Å². The van der Waals surface area contributed by atoms with Crippen molar-refractivity contribution in [3.63, 3.8) is 0 Å². The summed E-state index contributed by atoms with van der Waals surface area (Å²) in [5.74, 6) is 0.888. The van der Waals surface area contributed by atoms with Gasteiger partial charge in [-0.3, -0.25) is 4.79 Å². The van der Waals surface area contributed by atoms with Crippen LogP contribution in [-0.2, 0) is 6.54 Å². The van der Waals surface area contributed by atoms with E-state index in [2.05, 4.69) is 21.2 Å². The first-order valence-corrected chi connectivity index (χ1v) is 6.03. The van der Waals surface area contributed by atoms with Crippen molar-refractivity contribution in [1.82, 2.24) is 5.32 Å². The Kier molecular flexibility index (Phi) is 3.64. The molecule has 0 aliphatic rings. The molecule has 1 heterocycles. The number of furan rings is 1. The van der Waals surface area contributed by atoms with E-state index < -0.39 is 0 Å². The fourth-order valence-electron chi connectivity index (χ4n) is 1.43. The number of benzene rings is 1. The molecule has 88 valence electrons. The predicted molar refractivity (Wildman–Crippen MR) is 68.8 cm³/mol. The van der Waals surface area contributed by atoms with Crippen molar-refractivity contribution in [3.8, 4) is 0 Å². The third-order valence-corrected chi connectivity index (χ3v) is 2.86. The van der Waals surface area contributed by atoms with Crippen molar-refractivity contribution in [3.05, 3.63) is 58.0 Å². The molecule has 0 atom stereocenters. The molecular formula is C13H12BrNO2. The van der Waals surface area contributed by atoms with Gasteiger partial charge in [0.1, 0.15) is 5.76 Å². The van der Waals surface area contributed by atoms with Gasteiger partial charge in [0.05, 0.1) is 0 Å². The van der Waals surface area contributed by atoms with E-state index in [1.54, 1.807) is 12.1 Å². The van der Waals surface area contributed by atoms with Crippen molar-refractivity contribution in [2.75, 3.05) is 0 Å². The maximum absolute atomic E-state index is 11.7. The molecule has 0 spiro atoms. The molecule has 0 fully saturated rings. The summed E-state index contributed by atoms with van der Waals surface area (Å²) in [4.78, 5) is 11.7. The van der Waals surface area contributed by atoms with E-state index >= 15 is 0 Å². The monoisotopic (exact) mass is 293 g/mol. The summed E-state index contributed by atoms with van der Waals surface area (Å²) < 4.78 is 6.26.